The van der Waals surface area contributed by atoms with Crippen LogP contribution in [0.3, 0.4) is 0 Å². The summed E-state index contributed by atoms with van der Waals surface area (Å²) in [4.78, 5) is 29.6. The van der Waals surface area contributed by atoms with Crippen molar-refractivity contribution in [2.45, 2.75) is 39.2 Å². The molecule has 2 heterocycles. The minimum atomic E-state index is -0.259. The number of nitrogens with zero attached hydrogens (tertiary/aromatic N) is 1. The Balaban J connectivity index is 1.57. The number of likely N-dealkylation sites (tertiary alicyclic amines) is 1. The molecule has 1 aromatic carbocycles. The van der Waals surface area contributed by atoms with Gasteiger partial charge < -0.3 is 19.9 Å². The van der Waals surface area contributed by atoms with Gasteiger partial charge in [-0.25, -0.2) is 0 Å². The van der Waals surface area contributed by atoms with Crippen molar-refractivity contribution in [2.24, 2.45) is 5.92 Å². The molecule has 140 valence electrons. The van der Waals surface area contributed by atoms with Gasteiger partial charge in [0.1, 0.15) is 5.75 Å². The molecule has 1 aliphatic rings. The second-order valence-corrected chi connectivity index (χ2v) is 7.84. The van der Waals surface area contributed by atoms with Gasteiger partial charge in [-0.05, 0) is 51.0 Å². The molecule has 26 heavy (non-hydrogen) atoms. The molecule has 0 spiro atoms. The molecule has 2 N–H and O–H groups in total. The van der Waals surface area contributed by atoms with Crippen LogP contribution < -0.4 is 10.1 Å². The number of benzene rings is 1. The second kappa shape index (κ2) is 7.02. The first-order valence-electron chi connectivity index (χ1n) is 9.02. The summed E-state index contributed by atoms with van der Waals surface area (Å²) in [5.41, 5.74) is 1.95. The minimum Gasteiger partial charge on any atom is -0.497 e. The topological polar surface area (TPSA) is 74.4 Å². The predicted molar refractivity (Wildman–Crippen MR) is 101 cm³/mol. The molecule has 1 aromatic heterocycles. The Hall–Kier alpha value is -2.50. The van der Waals surface area contributed by atoms with Crippen molar-refractivity contribution in [1.82, 2.24) is 15.2 Å². The molecule has 6 nitrogen and oxygen atoms in total. The number of carbonyl (C=O) groups excluding carboxylic acids is 2. The van der Waals surface area contributed by atoms with Gasteiger partial charge in [0, 0.05) is 42.1 Å². The van der Waals surface area contributed by atoms with E-state index in [9.17, 15) is 9.59 Å². The fourth-order valence-electron chi connectivity index (χ4n) is 3.49. The summed E-state index contributed by atoms with van der Waals surface area (Å²) in [7, 11) is 1.65. The van der Waals surface area contributed by atoms with Crippen molar-refractivity contribution >= 4 is 22.7 Å². The summed E-state index contributed by atoms with van der Waals surface area (Å²) in [6.45, 7) is 7.03. The maximum atomic E-state index is 12.4. The van der Waals surface area contributed by atoms with E-state index >= 15 is 0 Å². The summed E-state index contributed by atoms with van der Waals surface area (Å²) in [5.74, 6) is 0.572. The second-order valence-electron chi connectivity index (χ2n) is 7.84. The fraction of sp³-hybridized carbons (Fsp3) is 0.500. The lowest BCUT2D eigenvalue weighted by Crippen LogP contribution is -2.43. The number of methoxy groups -OCH3 is 1. The zero-order valence-corrected chi connectivity index (χ0v) is 15.9. The Bertz CT molecular complexity index is 819. The van der Waals surface area contributed by atoms with Crippen LogP contribution in [0.2, 0.25) is 0 Å². The smallest absolute Gasteiger partial charge is 0.225 e. The van der Waals surface area contributed by atoms with Gasteiger partial charge in [-0.1, -0.05) is 0 Å². The highest BCUT2D eigenvalue weighted by Crippen LogP contribution is 2.26. The molecule has 0 unspecified atom stereocenters. The summed E-state index contributed by atoms with van der Waals surface area (Å²) in [5, 5.41) is 4.09. The quantitative estimate of drug-likeness (QED) is 0.863. The molecule has 1 aliphatic heterocycles. The summed E-state index contributed by atoms with van der Waals surface area (Å²) < 4.78 is 5.28. The number of nitrogens with one attached hydrogen (secondary N) is 2. The number of hydrogen-bond donors (Lipinski definition) is 2. The van der Waals surface area contributed by atoms with E-state index in [1.165, 1.54) is 0 Å². The number of rotatable bonds is 5. The highest BCUT2D eigenvalue weighted by atomic mass is 16.5. The molecule has 0 aliphatic carbocycles. The van der Waals surface area contributed by atoms with Crippen molar-refractivity contribution < 1.29 is 14.3 Å². The molecule has 1 fully saturated rings. The highest BCUT2D eigenvalue weighted by molar-refractivity contribution is 5.89. The third-order valence-corrected chi connectivity index (χ3v) is 4.97. The van der Waals surface area contributed by atoms with E-state index in [0.29, 0.717) is 19.5 Å². The number of ether oxygens (including phenoxy) is 1. The van der Waals surface area contributed by atoms with E-state index in [0.717, 1.165) is 28.6 Å². The molecule has 0 bridgehead atoms. The van der Waals surface area contributed by atoms with Crippen LogP contribution in [0.25, 0.3) is 10.9 Å². The van der Waals surface area contributed by atoms with E-state index in [1.807, 2.05) is 45.2 Å². The number of fused-ring (bicyclic) bond motifs is 1. The SMILES string of the molecule is COc1ccc2[nH]cc(CCNC(=O)[C@@H]3CC(=O)N(C(C)(C)C)C3)c2c1. The fourth-order valence-corrected chi connectivity index (χ4v) is 3.49. The van der Waals surface area contributed by atoms with Gasteiger partial charge in [0.2, 0.25) is 11.8 Å². The van der Waals surface area contributed by atoms with E-state index in [4.69, 9.17) is 4.74 Å². The number of H-pyrrole nitrogens is 1. The lowest BCUT2D eigenvalue weighted by Gasteiger charge is -2.31. The first-order valence-corrected chi connectivity index (χ1v) is 9.02. The van der Waals surface area contributed by atoms with E-state index in [-0.39, 0.29) is 23.3 Å². The summed E-state index contributed by atoms with van der Waals surface area (Å²) >= 11 is 0. The zero-order valence-electron chi connectivity index (χ0n) is 15.9. The lowest BCUT2D eigenvalue weighted by molar-refractivity contribution is -0.132. The number of amides is 2. The van der Waals surface area contributed by atoms with Crippen molar-refractivity contribution in [3.05, 3.63) is 30.0 Å². The van der Waals surface area contributed by atoms with Gasteiger partial charge in [0.15, 0.2) is 0 Å². The molecule has 0 saturated carbocycles. The Morgan fingerprint density at radius 3 is 2.81 bits per heavy atom. The van der Waals surface area contributed by atoms with Crippen LogP contribution in [-0.4, -0.2) is 47.4 Å². The van der Waals surface area contributed by atoms with Crippen LogP contribution >= 0.6 is 0 Å². The van der Waals surface area contributed by atoms with Crippen LogP contribution in [0.1, 0.15) is 32.8 Å². The Morgan fingerprint density at radius 1 is 1.38 bits per heavy atom. The zero-order chi connectivity index (χ0) is 18.9. The number of hydrogen-bond acceptors (Lipinski definition) is 3. The first kappa shape index (κ1) is 18.3. The van der Waals surface area contributed by atoms with Crippen molar-refractivity contribution in [1.29, 1.82) is 0 Å². The molecule has 1 atom stereocenters. The number of aromatic amines is 1. The van der Waals surface area contributed by atoms with Gasteiger partial charge in [-0.2, -0.15) is 0 Å². The van der Waals surface area contributed by atoms with Gasteiger partial charge >= 0.3 is 0 Å². The molecule has 2 amide bonds. The molecule has 3 rings (SSSR count). The highest BCUT2D eigenvalue weighted by Gasteiger charge is 2.39. The van der Waals surface area contributed by atoms with Gasteiger partial charge in [-0.15, -0.1) is 0 Å². The van der Waals surface area contributed by atoms with Crippen molar-refractivity contribution in [2.75, 3.05) is 20.2 Å². The largest absolute Gasteiger partial charge is 0.497 e. The maximum absolute atomic E-state index is 12.4. The van der Waals surface area contributed by atoms with Crippen LogP contribution in [-0.2, 0) is 16.0 Å². The molecule has 2 aromatic rings. The van der Waals surface area contributed by atoms with Gasteiger partial charge in [0.25, 0.3) is 0 Å². The van der Waals surface area contributed by atoms with E-state index in [1.54, 1.807) is 12.0 Å². The third kappa shape index (κ3) is 3.69. The molecule has 6 heteroatoms. The van der Waals surface area contributed by atoms with E-state index < -0.39 is 0 Å². The molecular weight excluding hydrogens is 330 g/mol. The van der Waals surface area contributed by atoms with Gasteiger partial charge in [0.05, 0.1) is 13.0 Å². The molecule has 1 saturated heterocycles. The standard InChI is InChI=1S/C20H27N3O3/c1-20(2,3)23-12-14(9-18(23)24)19(25)21-8-7-13-11-22-17-6-5-15(26-4)10-16(13)17/h5-6,10-11,14,22H,7-9,12H2,1-4H3,(H,21,25)/t14-/m1/s1. The van der Waals surface area contributed by atoms with Crippen LogP contribution in [0.15, 0.2) is 24.4 Å². The minimum absolute atomic E-state index is 0.0393. The molecule has 0 radical (unpaired) electrons. The Morgan fingerprint density at radius 2 is 2.15 bits per heavy atom. The maximum Gasteiger partial charge on any atom is 0.225 e. The Labute approximate surface area is 153 Å². The monoisotopic (exact) mass is 357 g/mol. The summed E-state index contributed by atoms with van der Waals surface area (Å²) in [6, 6.07) is 5.91. The predicted octanol–water partition coefficient (Wildman–Crippen LogP) is 2.48. The van der Waals surface area contributed by atoms with Crippen molar-refractivity contribution in [3.8, 4) is 5.75 Å². The van der Waals surface area contributed by atoms with Crippen molar-refractivity contribution in [3.63, 3.8) is 0 Å². The number of aromatic nitrogens is 1. The Kier molecular flexibility index (Phi) is 4.94. The van der Waals surface area contributed by atoms with Gasteiger partial charge in [-0.3, -0.25) is 9.59 Å². The van der Waals surface area contributed by atoms with Crippen LogP contribution in [0, 0.1) is 5.92 Å². The first-order chi connectivity index (χ1) is 12.3. The number of carbonyl (C=O) groups is 2. The third-order valence-electron chi connectivity index (χ3n) is 4.97. The van der Waals surface area contributed by atoms with Crippen LogP contribution in [0.5, 0.6) is 5.75 Å². The lowest BCUT2D eigenvalue weighted by atomic mass is 10.1. The summed E-state index contributed by atoms with van der Waals surface area (Å²) in [6.07, 6.45) is 2.99. The molecular formula is C20H27N3O3. The normalized spacial score (nSPS) is 17.8. The van der Waals surface area contributed by atoms with Crippen LogP contribution in [0.4, 0.5) is 0 Å². The average Bonchev–Trinajstić information content (AvgIpc) is 3.17. The van der Waals surface area contributed by atoms with E-state index in [2.05, 4.69) is 10.3 Å². The average molecular weight is 357 g/mol.